The minimum atomic E-state index is -0.399. The fraction of sp³-hybridized carbons (Fsp3) is 0.0417. The first-order valence-corrected chi connectivity index (χ1v) is 10.1. The summed E-state index contributed by atoms with van der Waals surface area (Å²) in [6.45, 7) is -0.248. The monoisotopic (exact) mass is 451 g/mol. The molecule has 3 aromatic carbocycles. The maximum atomic E-state index is 12.5. The van der Waals surface area contributed by atoms with E-state index >= 15 is 0 Å². The smallest absolute Gasteiger partial charge is 0.262 e. The highest BCUT2D eigenvalue weighted by atomic mass is 35.5. The van der Waals surface area contributed by atoms with E-state index in [0.29, 0.717) is 38.2 Å². The standard InChI is InChI=1S/C24H15Cl2NO4/c25-15-8-9-21(20(26)12-15)27-22(28)13-31-16-5-3-4-14(10-16)11-19-23(29)17-6-1-2-7-18(17)24(19)30/h1-12H,13H2,(H,27,28). The zero-order valence-electron chi connectivity index (χ0n) is 16.0. The number of amides is 1. The van der Waals surface area contributed by atoms with Gasteiger partial charge >= 0.3 is 0 Å². The highest BCUT2D eigenvalue weighted by molar-refractivity contribution is 6.41. The molecule has 1 amide bonds. The molecule has 0 spiro atoms. The van der Waals surface area contributed by atoms with E-state index < -0.39 is 5.91 Å². The molecule has 0 saturated heterocycles. The summed E-state index contributed by atoms with van der Waals surface area (Å²) in [4.78, 5) is 37.3. The second-order valence-electron chi connectivity index (χ2n) is 6.80. The van der Waals surface area contributed by atoms with E-state index in [4.69, 9.17) is 27.9 Å². The average Bonchev–Trinajstić information content (AvgIpc) is 3.00. The van der Waals surface area contributed by atoms with Gasteiger partial charge in [-0.3, -0.25) is 14.4 Å². The Morgan fingerprint density at radius 2 is 1.61 bits per heavy atom. The zero-order chi connectivity index (χ0) is 22.0. The molecular weight excluding hydrogens is 437 g/mol. The summed E-state index contributed by atoms with van der Waals surface area (Å²) in [6, 6.07) is 18.3. The number of nitrogens with one attached hydrogen (secondary N) is 1. The van der Waals surface area contributed by atoms with Crippen molar-refractivity contribution in [1.29, 1.82) is 0 Å². The molecule has 0 aliphatic heterocycles. The molecule has 0 fully saturated rings. The average molecular weight is 452 g/mol. The number of ketones is 2. The molecule has 0 bridgehead atoms. The Morgan fingerprint density at radius 1 is 0.903 bits per heavy atom. The first-order chi connectivity index (χ1) is 14.9. The third-order valence-corrected chi connectivity index (χ3v) is 5.20. The third kappa shape index (κ3) is 4.53. The second kappa shape index (κ2) is 8.76. The number of fused-ring (bicyclic) bond motifs is 1. The first-order valence-electron chi connectivity index (χ1n) is 9.30. The number of Topliss-reactive ketones (excluding diaryl/α,β-unsaturated/α-hetero) is 2. The van der Waals surface area contributed by atoms with E-state index in [2.05, 4.69) is 5.32 Å². The number of hydrogen-bond acceptors (Lipinski definition) is 4. The third-order valence-electron chi connectivity index (χ3n) is 4.65. The van der Waals surface area contributed by atoms with Crippen molar-refractivity contribution in [2.24, 2.45) is 0 Å². The van der Waals surface area contributed by atoms with Crippen molar-refractivity contribution in [3.63, 3.8) is 0 Å². The minimum Gasteiger partial charge on any atom is -0.484 e. The predicted molar refractivity (Wildman–Crippen MR) is 120 cm³/mol. The van der Waals surface area contributed by atoms with Gasteiger partial charge in [0.05, 0.1) is 16.3 Å². The van der Waals surface area contributed by atoms with Crippen LogP contribution in [0.15, 0.2) is 72.3 Å². The summed E-state index contributed by atoms with van der Waals surface area (Å²) in [5.41, 5.74) is 1.96. The van der Waals surface area contributed by atoms with Crippen LogP contribution in [-0.2, 0) is 4.79 Å². The summed E-state index contributed by atoms with van der Waals surface area (Å²) in [5, 5.41) is 3.43. The molecule has 1 aliphatic carbocycles. The van der Waals surface area contributed by atoms with Crippen LogP contribution in [0.5, 0.6) is 5.75 Å². The molecular formula is C24H15Cl2NO4. The van der Waals surface area contributed by atoms with Crippen molar-refractivity contribution in [1.82, 2.24) is 0 Å². The van der Waals surface area contributed by atoms with Crippen molar-refractivity contribution < 1.29 is 19.1 Å². The molecule has 0 atom stereocenters. The number of halogens is 2. The lowest BCUT2D eigenvalue weighted by atomic mass is 10.1. The lowest BCUT2D eigenvalue weighted by molar-refractivity contribution is -0.118. The molecule has 0 heterocycles. The summed E-state index contributed by atoms with van der Waals surface area (Å²) in [7, 11) is 0. The molecule has 0 aromatic heterocycles. The number of anilines is 1. The molecule has 3 aromatic rings. The van der Waals surface area contributed by atoms with Crippen LogP contribution in [0.2, 0.25) is 10.0 Å². The summed E-state index contributed by atoms with van der Waals surface area (Å²) < 4.78 is 5.54. The highest BCUT2D eigenvalue weighted by Gasteiger charge is 2.32. The summed E-state index contributed by atoms with van der Waals surface area (Å²) >= 11 is 11.9. The van der Waals surface area contributed by atoms with E-state index in [1.54, 1.807) is 60.7 Å². The molecule has 5 nitrogen and oxygen atoms in total. The van der Waals surface area contributed by atoms with Crippen LogP contribution in [0.1, 0.15) is 26.3 Å². The number of allylic oxidation sites excluding steroid dienone is 1. The molecule has 0 saturated carbocycles. The lowest BCUT2D eigenvalue weighted by Gasteiger charge is -2.09. The quantitative estimate of drug-likeness (QED) is 0.412. The van der Waals surface area contributed by atoms with Crippen LogP contribution in [-0.4, -0.2) is 24.1 Å². The molecule has 0 radical (unpaired) electrons. The van der Waals surface area contributed by atoms with Gasteiger partial charge in [-0.05, 0) is 42.0 Å². The Kier molecular flexibility index (Phi) is 5.89. The van der Waals surface area contributed by atoms with E-state index in [9.17, 15) is 14.4 Å². The Balaban J connectivity index is 1.44. The normalized spacial score (nSPS) is 12.5. The van der Waals surface area contributed by atoms with Crippen molar-refractivity contribution in [2.45, 2.75) is 0 Å². The largest absolute Gasteiger partial charge is 0.484 e. The van der Waals surface area contributed by atoms with Crippen molar-refractivity contribution >= 4 is 52.4 Å². The Labute approximate surface area is 188 Å². The van der Waals surface area contributed by atoms with E-state index in [1.165, 1.54) is 12.1 Å². The zero-order valence-corrected chi connectivity index (χ0v) is 17.5. The van der Waals surface area contributed by atoms with Crippen LogP contribution in [0, 0.1) is 0 Å². The topological polar surface area (TPSA) is 72.5 Å². The van der Waals surface area contributed by atoms with Gasteiger partial charge in [0.15, 0.2) is 18.2 Å². The van der Waals surface area contributed by atoms with Crippen LogP contribution in [0.25, 0.3) is 6.08 Å². The maximum absolute atomic E-state index is 12.5. The summed E-state index contributed by atoms with van der Waals surface area (Å²) in [6.07, 6.45) is 1.53. The van der Waals surface area contributed by atoms with Gasteiger partial charge in [-0.25, -0.2) is 0 Å². The van der Waals surface area contributed by atoms with Crippen LogP contribution in [0.3, 0.4) is 0 Å². The summed E-state index contributed by atoms with van der Waals surface area (Å²) in [5.74, 6) is -0.580. The van der Waals surface area contributed by atoms with Gasteiger partial charge in [0, 0.05) is 16.1 Å². The lowest BCUT2D eigenvalue weighted by Crippen LogP contribution is -2.20. The molecule has 4 rings (SSSR count). The van der Waals surface area contributed by atoms with E-state index in [-0.39, 0.29) is 23.7 Å². The van der Waals surface area contributed by atoms with E-state index in [1.807, 2.05) is 0 Å². The number of carbonyl (C=O) groups excluding carboxylic acids is 3. The van der Waals surface area contributed by atoms with Gasteiger partial charge in [-0.2, -0.15) is 0 Å². The number of ether oxygens (including phenoxy) is 1. The van der Waals surface area contributed by atoms with Gasteiger partial charge in [-0.1, -0.05) is 59.6 Å². The second-order valence-corrected chi connectivity index (χ2v) is 7.64. The van der Waals surface area contributed by atoms with Crippen LogP contribution in [0.4, 0.5) is 5.69 Å². The fourth-order valence-corrected chi connectivity index (χ4v) is 3.65. The van der Waals surface area contributed by atoms with Crippen LogP contribution >= 0.6 is 23.2 Å². The van der Waals surface area contributed by atoms with Gasteiger partial charge in [0.25, 0.3) is 5.91 Å². The van der Waals surface area contributed by atoms with Gasteiger partial charge in [0.1, 0.15) is 5.75 Å². The molecule has 31 heavy (non-hydrogen) atoms. The van der Waals surface area contributed by atoms with Crippen molar-refractivity contribution in [3.8, 4) is 5.75 Å². The highest BCUT2D eigenvalue weighted by Crippen LogP contribution is 2.28. The molecule has 7 heteroatoms. The number of carbonyl (C=O) groups is 3. The first kappa shape index (κ1) is 20.8. The minimum absolute atomic E-state index is 0.105. The maximum Gasteiger partial charge on any atom is 0.262 e. The molecule has 0 unspecified atom stereocenters. The fourth-order valence-electron chi connectivity index (χ4n) is 3.19. The van der Waals surface area contributed by atoms with Crippen molar-refractivity contribution in [3.05, 3.63) is 99.0 Å². The van der Waals surface area contributed by atoms with Crippen molar-refractivity contribution in [2.75, 3.05) is 11.9 Å². The Bertz CT molecular complexity index is 1210. The van der Waals surface area contributed by atoms with Gasteiger partial charge < -0.3 is 10.1 Å². The van der Waals surface area contributed by atoms with Gasteiger partial charge in [0.2, 0.25) is 0 Å². The number of benzene rings is 3. The molecule has 1 aliphatic rings. The van der Waals surface area contributed by atoms with E-state index in [0.717, 1.165) is 0 Å². The molecule has 154 valence electrons. The predicted octanol–water partition coefficient (Wildman–Crippen LogP) is 5.47. The Morgan fingerprint density at radius 3 is 2.29 bits per heavy atom. The SMILES string of the molecule is O=C(COc1cccc(C=C2C(=O)c3ccccc3C2=O)c1)Nc1ccc(Cl)cc1Cl. The Hall–Kier alpha value is -3.41. The van der Waals surface area contributed by atoms with Crippen LogP contribution < -0.4 is 10.1 Å². The number of hydrogen-bond donors (Lipinski definition) is 1. The molecule has 1 N–H and O–H groups in total. The number of rotatable bonds is 5. The van der Waals surface area contributed by atoms with Gasteiger partial charge in [-0.15, -0.1) is 0 Å².